The van der Waals surface area contributed by atoms with Crippen molar-refractivity contribution in [2.75, 3.05) is 0 Å². The van der Waals surface area contributed by atoms with Gasteiger partial charge in [-0.1, -0.05) is 42.5 Å². The molecule has 0 aliphatic carbocycles. The highest BCUT2D eigenvalue weighted by atomic mass is 16.3. The fourth-order valence-electron chi connectivity index (χ4n) is 3.63. The maximum atomic E-state index is 12.8. The summed E-state index contributed by atoms with van der Waals surface area (Å²) in [5.41, 5.74) is 6.59. The fourth-order valence-corrected chi connectivity index (χ4v) is 3.63. The molecule has 0 spiro atoms. The van der Waals surface area contributed by atoms with Gasteiger partial charge in [0.15, 0.2) is 5.78 Å². The number of Topliss-reactive ketones (excluding diaryl/α,β-unsaturated/α-hetero) is 1. The number of hydrogen-bond donors (Lipinski definition) is 0. The third kappa shape index (κ3) is 4.24. The average molecular weight is 383 g/mol. The van der Waals surface area contributed by atoms with Crippen molar-refractivity contribution in [3.05, 3.63) is 107 Å². The molecule has 4 aromatic rings. The number of furan rings is 1. The van der Waals surface area contributed by atoms with E-state index in [1.807, 2.05) is 55.5 Å². The Morgan fingerprint density at radius 2 is 1.72 bits per heavy atom. The van der Waals surface area contributed by atoms with Crippen LogP contribution in [0.2, 0.25) is 0 Å². The highest BCUT2D eigenvalue weighted by molar-refractivity contribution is 5.96. The zero-order valence-corrected chi connectivity index (χ0v) is 16.9. The molecule has 0 saturated heterocycles. The number of benzene rings is 2. The molecule has 4 rings (SSSR count). The van der Waals surface area contributed by atoms with E-state index in [1.54, 1.807) is 6.26 Å². The first-order valence-corrected chi connectivity index (χ1v) is 9.98. The smallest absolute Gasteiger partial charge is 0.163 e. The average Bonchev–Trinajstić information content (AvgIpc) is 3.39. The Bertz CT molecular complexity index is 1110. The molecular weight excluding hydrogens is 358 g/mol. The normalized spacial score (nSPS) is 11.0. The summed E-state index contributed by atoms with van der Waals surface area (Å²) < 4.78 is 7.84. The molecule has 0 amide bonds. The molecule has 0 radical (unpaired) electrons. The number of nitrogens with zero attached hydrogens (tertiary/aromatic N) is 1. The van der Waals surface area contributed by atoms with E-state index < -0.39 is 0 Å². The third-order valence-electron chi connectivity index (χ3n) is 5.47. The number of carbonyl (C=O) groups is 1. The van der Waals surface area contributed by atoms with Crippen LogP contribution >= 0.6 is 0 Å². The monoisotopic (exact) mass is 383 g/mol. The van der Waals surface area contributed by atoms with Gasteiger partial charge in [0, 0.05) is 23.4 Å². The molecule has 2 heterocycles. The van der Waals surface area contributed by atoms with E-state index in [2.05, 4.69) is 35.8 Å². The van der Waals surface area contributed by atoms with Gasteiger partial charge in [0.1, 0.15) is 5.76 Å². The van der Waals surface area contributed by atoms with Crippen LogP contribution < -0.4 is 0 Å². The molecular formula is C26H25NO2. The molecule has 29 heavy (non-hydrogen) atoms. The lowest BCUT2D eigenvalue weighted by atomic mass is 10.0. The molecule has 0 saturated carbocycles. The first kappa shape index (κ1) is 19.0. The van der Waals surface area contributed by atoms with Crippen molar-refractivity contribution in [3.63, 3.8) is 0 Å². The number of aryl methyl sites for hydroxylation is 3. The van der Waals surface area contributed by atoms with E-state index >= 15 is 0 Å². The molecule has 0 aliphatic rings. The molecule has 3 heteroatoms. The SMILES string of the molecule is Cc1ccc(C(=O)CCc2ccc(-c3ccccc3)n2Cc2ccco2)cc1C. The molecule has 0 unspecified atom stereocenters. The molecule has 2 aromatic heterocycles. The van der Waals surface area contributed by atoms with E-state index in [9.17, 15) is 4.79 Å². The van der Waals surface area contributed by atoms with Crippen molar-refractivity contribution in [3.8, 4) is 11.3 Å². The first-order valence-electron chi connectivity index (χ1n) is 9.98. The van der Waals surface area contributed by atoms with E-state index in [0.717, 1.165) is 33.8 Å². The molecule has 0 aliphatic heterocycles. The van der Waals surface area contributed by atoms with Gasteiger partial charge in [-0.2, -0.15) is 0 Å². The lowest BCUT2D eigenvalue weighted by Gasteiger charge is -2.13. The van der Waals surface area contributed by atoms with E-state index in [4.69, 9.17) is 4.42 Å². The quantitative estimate of drug-likeness (QED) is 0.355. The summed E-state index contributed by atoms with van der Waals surface area (Å²) in [5.74, 6) is 1.08. The van der Waals surface area contributed by atoms with Crippen molar-refractivity contribution < 1.29 is 9.21 Å². The van der Waals surface area contributed by atoms with Gasteiger partial charge < -0.3 is 8.98 Å². The maximum Gasteiger partial charge on any atom is 0.163 e. The van der Waals surface area contributed by atoms with Crippen molar-refractivity contribution in [2.24, 2.45) is 0 Å². The predicted molar refractivity (Wildman–Crippen MR) is 116 cm³/mol. The van der Waals surface area contributed by atoms with Gasteiger partial charge in [-0.3, -0.25) is 4.79 Å². The lowest BCUT2D eigenvalue weighted by molar-refractivity contribution is 0.0982. The molecule has 0 atom stereocenters. The summed E-state index contributed by atoms with van der Waals surface area (Å²) in [6, 6.07) is 24.4. The van der Waals surface area contributed by atoms with Gasteiger partial charge in [-0.15, -0.1) is 0 Å². The van der Waals surface area contributed by atoms with Gasteiger partial charge in [-0.25, -0.2) is 0 Å². The number of ketones is 1. The first-order chi connectivity index (χ1) is 14.1. The molecule has 0 N–H and O–H groups in total. The lowest BCUT2D eigenvalue weighted by Crippen LogP contribution is -2.08. The summed E-state index contributed by atoms with van der Waals surface area (Å²) >= 11 is 0. The Balaban J connectivity index is 1.58. The predicted octanol–water partition coefficient (Wildman–Crippen LogP) is 6.23. The molecule has 2 aromatic carbocycles. The van der Waals surface area contributed by atoms with Gasteiger partial charge in [0.2, 0.25) is 0 Å². The van der Waals surface area contributed by atoms with Crippen LogP contribution in [0.1, 0.15) is 39.4 Å². The minimum absolute atomic E-state index is 0.181. The van der Waals surface area contributed by atoms with Crippen molar-refractivity contribution in [1.82, 2.24) is 4.57 Å². The van der Waals surface area contributed by atoms with Crippen molar-refractivity contribution in [2.45, 2.75) is 33.2 Å². The van der Waals surface area contributed by atoms with Crippen molar-refractivity contribution >= 4 is 5.78 Å². The topological polar surface area (TPSA) is 35.1 Å². The second-order valence-corrected chi connectivity index (χ2v) is 7.46. The van der Waals surface area contributed by atoms with Crippen LogP contribution in [0.5, 0.6) is 0 Å². The van der Waals surface area contributed by atoms with Crippen LogP contribution in [0, 0.1) is 13.8 Å². The Labute approximate surface area is 171 Å². The molecule has 0 fully saturated rings. The highest BCUT2D eigenvalue weighted by Gasteiger charge is 2.14. The Hall–Kier alpha value is -3.33. The number of hydrogen-bond acceptors (Lipinski definition) is 2. The second-order valence-electron chi connectivity index (χ2n) is 7.46. The van der Waals surface area contributed by atoms with E-state index in [1.165, 1.54) is 5.56 Å². The van der Waals surface area contributed by atoms with Gasteiger partial charge in [0.05, 0.1) is 12.8 Å². The van der Waals surface area contributed by atoms with Crippen LogP contribution in [0.15, 0.2) is 83.5 Å². The number of aromatic nitrogens is 1. The number of carbonyl (C=O) groups excluding carboxylic acids is 1. The van der Waals surface area contributed by atoms with Gasteiger partial charge >= 0.3 is 0 Å². The summed E-state index contributed by atoms with van der Waals surface area (Å²) in [4.78, 5) is 12.8. The Morgan fingerprint density at radius 3 is 2.45 bits per heavy atom. The van der Waals surface area contributed by atoms with E-state index in [0.29, 0.717) is 19.4 Å². The highest BCUT2D eigenvalue weighted by Crippen LogP contribution is 2.25. The fraction of sp³-hybridized carbons (Fsp3) is 0.192. The minimum Gasteiger partial charge on any atom is -0.467 e. The minimum atomic E-state index is 0.181. The summed E-state index contributed by atoms with van der Waals surface area (Å²) in [6.07, 6.45) is 2.88. The molecule has 146 valence electrons. The van der Waals surface area contributed by atoms with Crippen LogP contribution in [0.3, 0.4) is 0 Å². The van der Waals surface area contributed by atoms with Gasteiger partial charge in [0.25, 0.3) is 0 Å². The Kier molecular flexibility index (Phi) is 5.48. The standard InChI is InChI=1S/C26H25NO2/c1-19-10-11-22(17-20(19)2)26(28)15-13-23-12-14-25(21-7-4-3-5-8-21)27(23)18-24-9-6-16-29-24/h3-12,14,16-17H,13,15,18H2,1-2H3. The summed E-state index contributed by atoms with van der Waals surface area (Å²) in [7, 11) is 0. The summed E-state index contributed by atoms with van der Waals surface area (Å²) in [5, 5.41) is 0. The molecule has 3 nitrogen and oxygen atoms in total. The summed E-state index contributed by atoms with van der Waals surface area (Å²) in [6.45, 7) is 4.76. The second kappa shape index (κ2) is 8.36. The van der Waals surface area contributed by atoms with Crippen molar-refractivity contribution in [1.29, 1.82) is 0 Å². The van der Waals surface area contributed by atoms with Crippen LogP contribution in [0.4, 0.5) is 0 Å². The zero-order chi connectivity index (χ0) is 20.2. The maximum absolute atomic E-state index is 12.8. The van der Waals surface area contributed by atoms with Gasteiger partial charge in [-0.05, 0) is 67.3 Å². The zero-order valence-electron chi connectivity index (χ0n) is 16.9. The van der Waals surface area contributed by atoms with Crippen LogP contribution in [-0.4, -0.2) is 10.4 Å². The molecule has 0 bridgehead atoms. The number of rotatable bonds is 7. The Morgan fingerprint density at radius 1 is 0.897 bits per heavy atom. The third-order valence-corrected chi connectivity index (χ3v) is 5.47. The van der Waals surface area contributed by atoms with Crippen LogP contribution in [-0.2, 0) is 13.0 Å². The van der Waals surface area contributed by atoms with E-state index in [-0.39, 0.29) is 5.78 Å². The largest absolute Gasteiger partial charge is 0.467 e. The van der Waals surface area contributed by atoms with Crippen LogP contribution in [0.25, 0.3) is 11.3 Å².